The third kappa shape index (κ3) is 2.34. The van der Waals surface area contributed by atoms with Crippen LogP contribution in [0.15, 0.2) is 0 Å². The normalized spacial score (nSPS) is 11.9. The summed E-state index contributed by atoms with van der Waals surface area (Å²) >= 11 is -1.95. The number of carbonyl (C=O) groups is 1. The summed E-state index contributed by atoms with van der Waals surface area (Å²) in [5.41, 5.74) is 0. The second-order valence-electron chi connectivity index (χ2n) is 0.798. The maximum atomic E-state index is 10.9. The van der Waals surface area contributed by atoms with Gasteiger partial charge < -0.3 is 0 Å². The fraction of sp³-hybridized carbons (Fsp3) is 0.500. The molecule has 6 heteroatoms. The van der Waals surface area contributed by atoms with E-state index in [1.54, 1.807) is 0 Å². The van der Waals surface area contributed by atoms with Crippen LogP contribution in [0.1, 0.15) is 0 Å². The van der Waals surface area contributed by atoms with Crippen molar-refractivity contribution in [1.29, 1.82) is 0 Å². The first-order valence-corrected chi connectivity index (χ1v) is 2.64. The van der Waals surface area contributed by atoms with Crippen LogP contribution in [0.4, 0.5) is 13.2 Å². The van der Waals surface area contributed by atoms with Gasteiger partial charge in [0.25, 0.3) is 0 Å². The predicted molar refractivity (Wildman–Crippen MR) is 11.7 cm³/mol. The summed E-state index contributed by atoms with van der Waals surface area (Å²) in [6.45, 7) is 0. The van der Waals surface area contributed by atoms with Crippen LogP contribution in [0.3, 0.4) is 0 Å². The quantitative estimate of drug-likeness (QED) is 0.604. The predicted octanol–water partition coefficient (Wildman–Crippen LogP) is 0.503. The molecule has 0 aliphatic carbocycles. The fourth-order valence-electron chi connectivity index (χ4n) is 0.0349. The molecule has 0 bridgehead atoms. The van der Waals surface area contributed by atoms with Crippen LogP contribution in [0.2, 0.25) is 0 Å². The molecule has 52 valence electrons. The van der Waals surface area contributed by atoms with E-state index in [9.17, 15) is 21.2 Å². The Labute approximate surface area is 51.7 Å². The van der Waals surface area contributed by atoms with Crippen molar-refractivity contribution in [3.05, 3.63) is 0 Å². The molecule has 0 heterocycles. The number of rotatable bonds is 1. The van der Waals surface area contributed by atoms with Crippen molar-refractivity contribution >= 4 is 4.00 Å². The van der Waals surface area contributed by atoms with Gasteiger partial charge >= 0.3 is 51.1 Å². The minimum atomic E-state index is -4.93. The van der Waals surface area contributed by atoms with Crippen molar-refractivity contribution in [2.45, 2.75) is 6.18 Å². The summed E-state index contributed by atoms with van der Waals surface area (Å²) < 4.78 is 39.8. The first-order chi connectivity index (χ1) is 3.48. The molecular formula is C2AgF3O2. The molecule has 0 aromatic heterocycles. The average Bonchev–Trinajstić information content (AvgIpc) is 1.62. The zero-order valence-corrected chi connectivity index (χ0v) is 4.73. The van der Waals surface area contributed by atoms with Crippen LogP contribution in [0, 0.1) is 0 Å². The molecule has 0 rings (SSSR count). The van der Waals surface area contributed by atoms with Crippen molar-refractivity contribution in [3.63, 3.8) is 0 Å². The van der Waals surface area contributed by atoms with Crippen molar-refractivity contribution in [1.82, 2.24) is 0 Å². The molecule has 0 aliphatic heterocycles. The van der Waals surface area contributed by atoms with Gasteiger partial charge in [0.1, 0.15) is 0 Å². The van der Waals surface area contributed by atoms with Crippen LogP contribution < -0.4 is 0 Å². The van der Waals surface area contributed by atoms with Gasteiger partial charge in [-0.25, -0.2) is 0 Å². The molecule has 0 saturated carbocycles. The molecule has 0 atom stereocenters. The van der Waals surface area contributed by atoms with Gasteiger partial charge in [-0.3, -0.25) is 0 Å². The first-order valence-electron chi connectivity index (χ1n) is 1.29. The van der Waals surface area contributed by atoms with Gasteiger partial charge in [-0.2, -0.15) is 0 Å². The second kappa shape index (κ2) is 2.52. The Morgan fingerprint density at radius 1 is 1.38 bits per heavy atom. The fourth-order valence-corrected chi connectivity index (χ4v) is 0.206. The zero-order chi connectivity index (χ0) is 6.78. The molecule has 0 unspecified atom stereocenters. The van der Waals surface area contributed by atoms with E-state index in [0.29, 0.717) is 0 Å². The van der Waals surface area contributed by atoms with E-state index >= 15 is 0 Å². The summed E-state index contributed by atoms with van der Waals surface area (Å²) in [6, 6.07) is 0. The van der Waals surface area contributed by atoms with Gasteiger partial charge in [-0.1, -0.05) is 0 Å². The summed E-state index contributed by atoms with van der Waals surface area (Å²) in [7, 11) is 0. The SMILES string of the molecule is [O]=[Ag][C](=O)C(F)(F)F. The summed E-state index contributed by atoms with van der Waals surface area (Å²) in [6.07, 6.45) is -4.93. The van der Waals surface area contributed by atoms with Gasteiger partial charge in [0, 0.05) is 0 Å². The van der Waals surface area contributed by atoms with Crippen LogP contribution in [-0.2, 0) is 27.8 Å². The van der Waals surface area contributed by atoms with E-state index in [1.807, 2.05) is 0 Å². The molecule has 0 aliphatic rings. The van der Waals surface area contributed by atoms with Crippen molar-refractivity contribution in [2.75, 3.05) is 0 Å². The Morgan fingerprint density at radius 2 is 1.75 bits per heavy atom. The minimum absolute atomic E-state index is 1.95. The molecule has 0 saturated heterocycles. The van der Waals surface area contributed by atoms with E-state index in [-0.39, 0.29) is 0 Å². The molecule has 0 fully saturated rings. The maximum absolute atomic E-state index is 10.9. The van der Waals surface area contributed by atoms with E-state index < -0.39 is 29.9 Å². The second-order valence-corrected chi connectivity index (χ2v) is 1.77. The van der Waals surface area contributed by atoms with Gasteiger partial charge in [0.2, 0.25) is 0 Å². The Bertz CT molecular complexity index is 117. The molecule has 0 aromatic carbocycles. The zero-order valence-electron chi connectivity index (χ0n) is 3.25. The Hall–Kier alpha value is 0.000260. The summed E-state index contributed by atoms with van der Waals surface area (Å²) in [5, 5.41) is 0. The summed E-state index contributed by atoms with van der Waals surface area (Å²) in [5.74, 6) is 0. The molecule has 0 aromatic rings. The monoisotopic (exact) mass is 220 g/mol. The molecule has 0 N–H and O–H groups in total. The van der Waals surface area contributed by atoms with Crippen LogP contribution in [-0.4, -0.2) is 10.2 Å². The van der Waals surface area contributed by atoms with E-state index in [1.165, 1.54) is 0 Å². The van der Waals surface area contributed by atoms with Crippen LogP contribution in [0.25, 0.3) is 0 Å². The van der Waals surface area contributed by atoms with Crippen LogP contribution in [0.5, 0.6) is 0 Å². The summed E-state index contributed by atoms with van der Waals surface area (Å²) in [4.78, 5) is 9.41. The van der Waals surface area contributed by atoms with Crippen molar-refractivity contribution in [3.8, 4) is 0 Å². The topological polar surface area (TPSA) is 34.1 Å². The van der Waals surface area contributed by atoms with E-state index in [2.05, 4.69) is 0 Å². The van der Waals surface area contributed by atoms with Crippen molar-refractivity contribution in [2.24, 2.45) is 0 Å². The molecule has 0 spiro atoms. The van der Waals surface area contributed by atoms with Gasteiger partial charge in [0.15, 0.2) is 0 Å². The number of hydrogen-bond donors (Lipinski definition) is 0. The number of halogens is 3. The van der Waals surface area contributed by atoms with Crippen molar-refractivity contribution < 1.29 is 40.9 Å². The first kappa shape index (κ1) is 8.00. The Morgan fingerprint density at radius 3 is 1.75 bits per heavy atom. The van der Waals surface area contributed by atoms with Crippen LogP contribution >= 0.6 is 0 Å². The number of carbonyl (C=O) groups excluding carboxylic acids is 1. The van der Waals surface area contributed by atoms with Gasteiger partial charge in [-0.05, 0) is 0 Å². The third-order valence-electron chi connectivity index (χ3n) is 0.257. The molecule has 0 radical (unpaired) electrons. The molecule has 0 amide bonds. The standard InChI is InChI=1S/C2F3O.Ag.O/c3-2(4,5)1-6;;. The van der Waals surface area contributed by atoms with E-state index in [0.717, 1.165) is 0 Å². The Balaban J connectivity index is 4.02. The Kier molecular flexibility index (Phi) is 2.52. The molecule has 2 nitrogen and oxygen atoms in total. The van der Waals surface area contributed by atoms with Gasteiger partial charge in [-0.15, -0.1) is 0 Å². The van der Waals surface area contributed by atoms with E-state index in [4.69, 9.17) is 0 Å². The van der Waals surface area contributed by atoms with Gasteiger partial charge in [0.05, 0.1) is 0 Å². The number of hydrogen-bond acceptors (Lipinski definition) is 2. The average molecular weight is 221 g/mol. The molecule has 8 heavy (non-hydrogen) atoms. The molecular weight excluding hydrogens is 221 g/mol. The third-order valence-corrected chi connectivity index (χ3v) is 0.952. The number of alkyl halides is 3.